The number of hydrogen-bond donors (Lipinski definition) is 4. The lowest BCUT2D eigenvalue weighted by molar-refractivity contribution is -0.127. The van der Waals surface area contributed by atoms with Crippen molar-refractivity contribution in [3.8, 4) is 5.75 Å². The van der Waals surface area contributed by atoms with E-state index < -0.39 is 30.2 Å². The summed E-state index contributed by atoms with van der Waals surface area (Å²) in [4.78, 5) is 31.0. The summed E-state index contributed by atoms with van der Waals surface area (Å²) in [5, 5.41) is 13.1. The number of hydrazine groups is 1. The van der Waals surface area contributed by atoms with Crippen molar-refractivity contribution in [1.82, 2.24) is 20.5 Å². The molecule has 1 aromatic carbocycles. The number of carbonyl (C=O) groups excluding carboxylic acids is 2. The summed E-state index contributed by atoms with van der Waals surface area (Å²) in [5.41, 5.74) is 2.40. The number of aliphatic imine (C=N–C) groups is 1. The molecule has 11 heteroatoms. The predicted octanol–water partition coefficient (Wildman–Crippen LogP) is -0.909. The predicted molar refractivity (Wildman–Crippen MR) is 93.3 cm³/mol. The number of imide groups is 1. The zero-order chi connectivity index (χ0) is 18.8. The van der Waals surface area contributed by atoms with E-state index in [9.17, 15) is 14.7 Å². The molecule has 0 saturated carbocycles. The van der Waals surface area contributed by atoms with E-state index in [1.807, 2.05) is 0 Å². The maximum absolute atomic E-state index is 12.2. The van der Waals surface area contributed by atoms with E-state index in [1.54, 1.807) is 24.3 Å². The van der Waals surface area contributed by atoms with Gasteiger partial charge in [0.15, 0.2) is 12.2 Å². The van der Waals surface area contributed by atoms with Crippen LogP contribution in [0.3, 0.4) is 0 Å². The molecule has 3 atom stereocenters. The van der Waals surface area contributed by atoms with Crippen LogP contribution < -0.4 is 21.3 Å². The monoisotopic (exact) mass is 382 g/mol. The number of nitrogens with two attached hydrogens (primary N) is 1. The molecular weight excluding hydrogens is 364 g/mol. The lowest BCUT2D eigenvalue weighted by Gasteiger charge is -2.36. The minimum Gasteiger partial charge on any atom is -0.491 e. The van der Waals surface area contributed by atoms with Crippen molar-refractivity contribution < 1.29 is 19.4 Å². The lowest BCUT2D eigenvalue weighted by Crippen LogP contribution is -2.65. The number of nitrogens with zero attached hydrogens (tertiary/aromatic N) is 3. The summed E-state index contributed by atoms with van der Waals surface area (Å²) < 4.78 is 5.51. The van der Waals surface area contributed by atoms with Gasteiger partial charge in [-0.25, -0.2) is 15.6 Å². The molecule has 3 amide bonds. The number of urea groups is 1. The number of amides is 3. The van der Waals surface area contributed by atoms with Crippen molar-refractivity contribution in [2.45, 2.75) is 18.3 Å². The highest BCUT2D eigenvalue weighted by molar-refractivity contribution is 6.30. The fourth-order valence-corrected chi connectivity index (χ4v) is 2.97. The number of aliphatic hydroxyl groups excluding tert-OH is 1. The van der Waals surface area contributed by atoms with E-state index in [0.29, 0.717) is 10.8 Å². The quantitative estimate of drug-likeness (QED) is 0.383. The van der Waals surface area contributed by atoms with E-state index in [4.69, 9.17) is 22.2 Å². The molecule has 5 N–H and O–H groups in total. The van der Waals surface area contributed by atoms with Crippen molar-refractivity contribution in [3.63, 3.8) is 0 Å². The highest BCUT2D eigenvalue weighted by Gasteiger charge is 2.48. The number of nitrogens with one attached hydrogen (secondary N) is 2. The molecule has 1 aromatic rings. The van der Waals surface area contributed by atoms with Gasteiger partial charge in [0, 0.05) is 12.1 Å². The minimum absolute atomic E-state index is 0.0102. The Bertz CT molecular complexity index is 727. The first kappa shape index (κ1) is 18.2. The Hall–Kier alpha value is -2.56. The molecule has 26 heavy (non-hydrogen) atoms. The Morgan fingerprint density at radius 3 is 2.77 bits per heavy atom. The Morgan fingerprint density at radius 1 is 1.42 bits per heavy atom. The van der Waals surface area contributed by atoms with Gasteiger partial charge in [0.1, 0.15) is 18.5 Å². The number of fused-ring (bicyclic) bond motifs is 1. The van der Waals surface area contributed by atoms with Gasteiger partial charge in [0.05, 0.1) is 6.54 Å². The van der Waals surface area contributed by atoms with Gasteiger partial charge in [0.2, 0.25) is 5.96 Å². The van der Waals surface area contributed by atoms with Gasteiger partial charge in [-0.15, -0.1) is 0 Å². The van der Waals surface area contributed by atoms with E-state index >= 15 is 0 Å². The number of carbonyl (C=O) groups is 2. The highest BCUT2D eigenvalue weighted by Crippen LogP contribution is 2.23. The van der Waals surface area contributed by atoms with Gasteiger partial charge in [-0.05, 0) is 24.3 Å². The highest BCUT2D eigenvalue weighted by atomic mass is 35.5. The summed E-state index contributed by atoms with van der Waals surface area (Å²) in [5.74, 6) is 5.74. The molecule has 2 heterocycles. The largest absolute Gasteiger partial charge is 0.491 e. The fourth-order valence-electron chi connectivity index (χ4n) is 2.85. The Morgan fingerprint density at radius 2 is 2.12 bits per heavy atom. The second-order valence-corrected chi connectivity index (χ2v) is 6.37. The number of halogens is 1. The smallest absolute Gasteiger partial charge is 0.325 e. The normalized spacial score (nSPS) is 23.3. The second-order valence-electron chi connectivity index (χ2n) is 5.93. The minimum atomic E-state index is -0.932. The maximum Gasteiger partial charge on any atom is 0.325 e. The van der Waals surface area contributed by atoms with Crippen molar-refractivity contribution >= 4 is 29.5 Å². The number of guanidine groups is 1. The summed E-state index contributed by atoms with van der Waals surface area (Å²) in [7, 11) is 1.53. The molecule has 2 aliphatic heterocycles. The first-order chi connectivity index (χ1) is 12.4. The summed E-state index contributed by atoms with van der Waals surface area (Å²) >= 11 is 5.81. The first-order valence-electron chi connectivity index (χ1n) is 7.86. The molecule has 140 valence electrons. The number of hydrogen-bond acceptors (Lipinski definition) is 8. The van der Waals surface area contributed by atoms with Crippen molar-refractivity contribution in [3.05, 3.63) is 29.3 Å². The zero-order valence-electron chi connectivity index (χ0n) is 13.9. The average molecular weight is 383 g/mol. The number of rotatable bonds is 5. The third-order valence-corrected chi connectivity index (χ3v) is 4.41. The van der Waals surface area contributed by atoms with Crippen LogP contribution in [-0.2, 0) is 4.79 Å². The second kappa shape index (κ2) is 7.36. The number of benzene rings is 1. The van der Waals surface area contributed by atoms with Crippen LogP contribution in [0.2, 0.25) is 5.02 Å². The van der Waals surface area contributed by atoms with Crippen LogP contribution in [0.4, 0.5) is 4.79 Å². The number of likely N-dealkylation sites (N-methyl/N-ethyl adjacent to an activating group) is 1. The van der Waals surface area contributed by atoms with Gasteiger partial charge >= 0.3 is 6.03 Å². The van der Waals surface area contributed by atoms with Crippen molar-refractivity contribution in [2.24, 2.45) is 10.8 Å². The summed E-state index contributed by atoms with van der Waals surface area (Å²) in [6, 6.07) is 5.40. The zero-order valence-corrected chi connectivity index (χ0v) is 14.7. The third kappa shape index (κ3) is 3.52. The van der Waals surface area contributed by atoms with Crippen LogP contribution in [-0.4, -0.2) is 71.3 Å². The van der Waals surface area contributed by atoms with Crippen LogP contribution in [0.1, 0.15) is 0 Å². The molecule has 1 saturated heterocycles. The van der Waals surface area contributed by atoms with Crippen LogP contribution >= 0.6 is 11.6 Å². The summed E-state index contributed by atoms with van der Waals surface area (Å²) in [6.45, 7) is 0.0248. The average Bonchev–Trinajstić information content (AvgIpc) is 2.98. The first-order valence-corrected chi connectivity index (χ1v) is 8.23. The SMILES string of the molecule is CN1C(=O)NC(=O)C2C1N=C(NN)N2CC(O)COc1ccc(Cl)cc1. The number of aliphatic hydroxyl groups is 1. The third-order valence-electron chi connectivity index (χ3n) is 4.15. The van der Waals surface area contributed by atoms with Crippen molar-refractivity contribution in [2.75, 3.05) is 20.2 Å². The molecule has 0 aliphatic carbocycles. The fraction of sp³-hybridized carbons (Fsp3) is 0.400. The number of ether oxygens (including phenoxy) is 1. The molecule has 3 rings (SSSR count). The van der Waals surface area contributed by atoms with Crippen LogP contribution in [0.25, 0.3) is 0 Å². The molecule has 2 aliphatic rings. The van der Waals surface area contributed by atoms with Gasteiger partial charge in [-0.2, -0.15) is 0 Å². The summed E-state index contributed by atoms with van der Waals surface area (Å²) in [6.07, 6.45) is -1.65. The lowest BCUT2D eigenvalue weighted by atomic mass is 10.1. The van der Waals surface area contributed by atoms with Crippen LogP contribution in [0.15, 0.2) is 29.3 Å². The molecule has 0 spiro atoms. The molecular formula is C15H19ClN6O4. The van der Waals surface area contributed by atoms with E-state index in [-0.39, 0.29) is 19.1 Å². The Labute approximate surface area is 154 Å². The van der Waals surface area contributed by atoms with Crippen LogP contribution in [0.5, 0.6) is 5.75 Å². The van der Waals surface area contributed by atoms with Gasteiger partial charge in [-0.3, -0.25) is 15.5 Å². The van der Waals surface area contributed by atoms with Gasteiger partial charge in [-0.1, -0.05) is 11.6 Å². The van der Waals surface area contributed by atoms with E-state index in [2.05, 4.69) is 15.7 Å². The molecule has 0 radical (unpaired) electrons. The van der Waals surface area contributed by atoms with Gasteiger partial charge in [0.25, 0.3) is 5.91 Å². The van der Waals surface area contributed by atoms with Gasteiger partial charge < -0.3 is 19.6 Å². The molecule has 1 fully saturated rings. The Kier molecular flexibility index (Phi) is 5.16. The van der Waals surface area contributed by atoms with E-state index in [1.165, 1.54) is 16.8 Å². The topological polar surface area (TPSA) is 133 Å². The standard InChI is InChI=1S/C15H19ClN6O4/c1-21-12-11(13(24)19-15(21)25)22(14(18-12)20-17)6-9(23)7-26-10-4-2-8(16)3-5-10/h2-5,9,11-12,23H,6-7,17H2,1H3,(H,18,20)(H,19,24,25). The Balaban J connectivity index is 1.65. The van der Waals surface area contributed by atoms with Crippen molar-refractivity contribution in [1.29, 1.82) is 0 Å². The van der Waals surface area contributed by atoms with E-state index in [0.717, 1.165) is 0 Å². The number of β-amino-alcohol motifs (C(OH)–C–C–N with tert-alkyl or cyclic N) is 1. The molecule has 3 unspecified atom stereocenters. The molecule has 0 bridgehead atoms. The van der Waals surface area contributed by atoms with Crippen LogP contribution in [0, 0.1) is 0 Å². The molecule has 0 aromatic heterocycles. The molecule has 10 nitrogen and oxygen atoms in total. The maximum atomic E-state index is 12.2.